The van der Waals surface area contributed by atoms with E-state index >= 15 is 0 Å². The summed E-state index contributed by atoms with van der Waals surface area (Å²) in [5, 5.41) is 6.37. The molecule has 5 aliphatic rings. The minimum Gasteiger partial charge on any atom is -0.236 e. The van der Waals surface area contributed by atoms with Gasteiger partial charge >= 0.3 is 0 Å². The van der Waals surface area contributed by atoms with Crippen LogP contribution in [0, 0.1) is 30.3 Å². The number of hydrogen-bond donors (Lipinski definition) is 0. The number of rotatable bonds is 0. The molecule has 0 bridgehead atoms. The monoisotopic (exact) mass is 2010 g/mol. The summed E-state index contributed by atoms with van der Waals surface area (Å²) in [6, 6.07) is 112. The van der Waals surface area contributed by atoms with Crippen molar-refractivity contribution in [3.05, 3.63) is 331 Å². The maximum Gasteiger partial charge on any atom is 0.212 e. The van der Waals surface area contributed by atoms with Crippen molar-refractivity contribution in [1.82, 2.24) is 0 Å². The number of hydrogen-bond acceptors (Lipinski definition) is 0. The molecule has 20 rings (SSSR count). The molecule has 0 atom stereocenters. The third-order valence-electron chi connectivity index (χ3n) is 17.4. The first-order valence-electron chi connectivity index (χ1n) is 29.2. The van der Waals surface area contributed by atoms with Crippen LogP contribution in [0.5, 0.6) is 0 Å². The van der Waals surface area contributed by atoms with Crippen molar-refractivity contribution in [3.8, 4) is 56.3 Å². The summed E-state index contributed by atoms with van der Waals surface area (Å²) >= 11 is 0. The summed E-state index contributed by atoms with van der Waals surface area (Å²) < 4.78 is 11.9. The SMILES string of the molecule is [W].[W].[W].[W].[W].[c-]1ccc2c(c1)-c1ccc3ccccc3[n+]1C2.[c-]1ccc2c(c1)C[n+]1c-2ccc2ccccc21.[c-]1cccc2c1-c1ccc3ccccc3[n+]1C2.[c-]1cccc2c1C[n+]1c-2ccc2ccccc21.[c-]1cccc2c1ccc1[n+]2Cc2ccccc2-1. The largest absolute Gasteiger partial charge is 0.236 e. The Bertz CT molecular complexity index is 4420. The molecule has 90 heavy (non-hydrogen) atoms. The van der Waals surface area contributed by atoms with E-state index in [0.29, 0.717) is 0 Å². The normalized spacial score (nSPS) is 11.8. The van der Waals surface area contributed by atoms with Crippen molar-refractivity contribution < 1.29 is 128 Å². The number of fused-ring (bicyclic) bond motifs is 25. The Morgan fingerprint density at radius 3 is 1.30 bits per heavy atom. The van der Waals surface area contributed by atoms with Crippen molar-refractivity contribution in [2.75, 3.05) is 0 Å². The number of nitrogens with zero attached hydrogens (tertiary/aromatic N) is 5. The molecular weight excluding hydrogens is 1950 g/mol. The molecule has 5 aliphatic heterocycles. The van der Waals surface area contributed by atoms with E-state index in [9.17, 15) is 0 Å². The Balaban J connectivity index is 0.000000114. The number of pyridine rings is 5. The fraction of sp³-hybridized carbons (Fsp3) is 0.0625. The van der Waals surface area contributed by atoms with Gasteiger partial charge in [-0.05, 0) is 72.8 Å². The van der Waals surface area contributed by atoms with Gasteiger partial charge in [-0.1, -0.05) is 129 Å². The van der Waals surface area contributed by atoms with Gasteiger partial charge in [0.2, 0.25) is 22.1 Å². The van der Waals surface area contributed by atoms with Crippen LogP contribution in [0.15, 0.2) is 273 Å². The van der Waals surface area contributed by atoms with E-state index in [1.54, 1.807) is 0 Å². The van der Waals surface area contributed by atoms with E-state index in [-0.39, 0.29) is 105 Å². The molecule has 10 aromatic carbocycles. The number of para-hydroxylation sites is 4. The quantitative estimate of drug-likeness (QED) is 0.106. The molecule has 5 aromatic heterocycles. The molecule has 15 aromatic rings. The summed E-state index contributed by atoms with van der Waals surface area (Å²) in [4.78, 5) is 0. The molecule has 0 N–H and O–H groups in total. The van der Waals surface area contributed by atoms with Crippen LogP contribution in [-0.4, -0.2) is 0 Å². The van der Waals surface area contributed by atoms with Crippen LogP contribution < -0.4 is 22.8 Å². The molecule has 0 spiro atoms. The Kier molecular flexibility index (Phi) is 20.0. The van der Waals surface area contributed by atoms with Crippen molar-refractivity contribution in [1.29, 1.82) is 0 Å². The molecule has 0 saturated heterocycles. The Morgan fingerprint density at radius 2 is 0.644 bits per heavy atom. The predicted molar refractivity (Wildman–Crippen MR) is 338 cm³/mol. The van der Waals surface area contributed by atoms with Crippen LogP contribution in [-0.2, 0) is 138 Å². The van der Waals surface area contributed by atoms with E-state index in [1.165, 1.54) is 139 Å². The van der Waals surface area contributed by atoms with Gasteiger partial charge in [-0.2, -0.15) is 77.4 Å². The molecule has 0 unspecified atom stereocenters. The van der Waals surface area contributed by atoms with Gasteiger partial charge in [0.1, 0.15) is 24.3 Å². The predicted octanol–water partition coefficient (Wildman–Crippen LogP) is 14.8. The first-order chi connectivity index (χ1) is 42.2. The Morgan fingerprint density at radius 1 is 0.244 bits per heavy atom. The van der Waals surface area contributed by atoms with Crippen molar-refractivity contribution in [3.63, 3.8) is 0 Å². The molecule has 10 heteroatoms. The first kappa shape index (κ1) is 64.2. The second kappa shape index (κ2) is 28.1. The summed E-state index contributed by atoms with van der Waals surface area (Å²) in [5.41, 5.74) is 26.4. The fourth-order valence-electron chi connectivity index (χ4n) is 13.4. The van der Waals surface area contributed by atoms with Crippen molar-refractivity contribution >= 4 is 54.5 Å². The van der Waals surface area contributed by atoms with Crippen LogP contribution >= 0.6 is 0 Å². The fourth-order valence-corrected chi connectivity index (χ4v) is 13.4. The van der Waals surface area contributed by atoms with Crippen LogP contribution in [0.3, 0.4) is 0 Å². The number of benzene rings is 10. The summed E-state index contributed by atoms with van der Waals surface area (Å²) in [5.74, 6) is 0. The van der Waals surface area contributed by atoms with Crippen molar-refractivity contribution in [2.45, 2.75) is 32.7 Å². The molecule has 0 amide bonds. The van der Waals surface area contributed by atoms with Gasteiger partial charge < -0.3 is 0 Å². The van der Waals surface area contributed by atoms with E-state index in [4.69, 9.17) is 0 Å². The van der Waals surface area contributed by atoms with Crippen LogP contribution in [0.1, 0.15) is 27.8 Å². The zero-order valence-corrected chi connectivity index (χ0v) is 63.5. The van der Waals surface area contributed by atoms with Gasteiger partial charge in [-0.25, -0.2) is 18.3 Å². The van der Waals surface area contributed by atoms with Crippen molar-refractivity contribution in [2.24, 2.45) is 0 Å². The van der Waals surface area contributed by atoms with Gasteiger partial charge in [0.05, 0.1) is 5.56 Å². The second-order valence-electron chi connectivity index (χ2n) is 22.2. The summed E-state index contributed by atoms with van der Waals surface area (Å²) in [6.07, 6.45) is 0. The standard InChI is InChI=1S/5C16H11N.5W/c5*1-3-7-14-13(6-1)11-17-15-8-4-2-5-12(15)9-10-16(14)17;;;;;/h2-10H,11H2;1-2,4-10H,11H2;1-4,6-10H,11H2;1-5,7-10H,11H2;1-6,8-10H,11H2;;;;;. The first-order valence-corrected chi connectivity index (χ1v) is 29.2. The average molecular weight is 2010 g/mol. The molecule has 0 radical (unpaired) electrons. The van der Waals surface area contributed by atoms with E-state index in [0.717, 1.165) is 32.7 Å². The molecule has 0 fully saturated rings. The summed E-state index contributed by atoms with van der Waals surface area (Å²) in [6.45, 7) is 4.81. The summed E-state index contributed by atoms with van der Waals surface area (Å²) in [7, 11) is 0. The molecule has 10 heterocycles. The molecule has 0 saturated carbocycles. The van der Waals surface area contributed by atoms with E-state index in [2.05, 4.69) is 296 Å². The Hall–Kier alpha value is -7.31. The van der Waals surface area contributed by atoms with Crippen LogP contribution in [0.4, 0.5) is 0 Å². The average Bonchev–Trinajstić information content (AvgIpc) is 1.74. The smallest absolute Gasteiger partial charge is 0.212 e. The van der Waals surface area contributed by atoms with E-state index < -0.39 is 0 Å². The molecular formula is C80H55N5W5. The van der Waals surface area contributed by atoms with Gasteiger partial charge in [-0.3, -0.25) is 0 Å². The topological polar surface area (TPSA) is 19.4 Å². The maximum atomic E-state index is 3.35. The molecule has 430 valence electrons. The third kappa shape index (κ3) is 11.9. The minimum atomic E-state index is 0. The number of aromatic nitrogens is 5. The Labute approximate surface area is 596 Å². The molecule has 0 aliphatic carbocycles. The van der Waals surface area contributed by atoms with Gasteiger partial charge in [0, 0.05) is 163 Å². The minimum absolute atomic E-state index is 0. The second-order valence-corrected chi connectivity index (χ2v) is 22.2. The van der Waals surface area contributed by atoms with Crippen LogP contribution in [0.2, 0.25) is 0 Å². The van der Waals surface area contributed by atoms with Gasteiger partial charge in [0.25, 0.3) is 0 Å². The zero-order valence-electron chi connectivity index (χ0n) is 48.8. The van der Waals surface area contributed by atoms with Gasteiger partial charge in [0.15, 0.2) is 42.4 Å². The van der Waals surface area contributed by atoms with Crippen LogP contribution in [0.25, 0.3) is 111 Å². The maximum absolute atomic E-state index is 3.35. The zero-order chi connectivity index (χ0) is 56.2. The van der Waals surface area contributed by atoms with E-state index in [1.807, 2.05) is 30.3 Å². The van der Waals surface area contributed by atoms with Gasteiger partial charge in [-0.15, -0.1) is 48.5 Å². The third-order valence-corrected chi connectivity index (χ3v) is 17.4. The molecule has 5 nitrogen and oxygen atoms in total.